The summed E-state index contributed by atoms with van der Waals surface area (Å²) in [7, 11) is 0. The van der Waals surface area contributed by atoms with Crippen LogP contribution in [0.15, 0.2) is 25.3 Å². The molecule has 0 amide bonds. The highest BCUT2D eigenvalue weighted by Gasteiger charge is 2.39. The Morgan fingerprint density at radius 1 is 1.10 bits per heavy atom. The lowest BCUT2D eigenvalue weighted by molar-refractivity contribution is -0.138. The van der Waals surface area contributed by atoms with Crippen molar-refractivity contribution in [3.8, 4) is 0 Å². The lowest BCUT2D eigenvalue weighted by Gasteiger charge is -2.16. The number of hydrogen-bond donors (Lipinski definition) is 0. The van der Waals surface area contributed by atoms with E-state index < -0.39 is 0 Å². The third-order valence-electron chi connectivity index (χ3n) is 2.42. The molecule has 8 heteroatoms. The van der Waals surface area contributed by atoms with Gasteiger partial charge in [-0.15, -0.1) is 47.0 Å². The Hall–Kier alpha value is 0.370. The third-order valence-corrected chi connectivity index (χ3v) is 11.0. The van der Waals surface area contributed by atoms with Gasteiger partial charge in [0.1, 0.15) is 0 Å². The zero-order valence-electron chi connectivity index (χ0n) is 10.6. The van der Waals surface area contributed by atoms with E-state index >= 15 is 0 Å². The summed E-state index contributed by atoms with van der Waals surface area (Å²) in [6.07, 6.45) is 2.57. The quantitative estimate of drug-likeness (QED) is 0.542. The first kappa shape index (κ1) is 16.7. The predicted molar refractivity (Wildman–Crippen MR) is 94.3 cm³/mol. The van der Waals surface area contributed by atoms with E-state index in [4.69, 9.17) is 4.74 Å². The minimum absolute atomic E-state index is 0.0354. The van der Waals surface area contributed by atoms with Crippen molar-refractivity contribution in [1.82, 2.24) is 0 Å². The van der Waals surface area contributed by atoms with Gasteiger partial charge in [-0.3, -0.25) is 4.79 Å². The molecule has 4 atom stereocenters. The van der Waals surface area contributed by atoms with Crippen LogP contribution in [0.5, 0.6) is 0 Å². The zero-order chi connectivity index (χ0) is 14.5. The second-order valence-corrected chi connectivity index (χ2v) is 10.9. The Balaban J connectivity index is 1.77. The van der Waals surface area contributed by atoms with Crippen molar-refractivity contribution < 1.29 is 14.3 Å². The minimum Gasteiger partial charge on any atom is -0.447 e. The van der Waals surface area contributed by atoms with Gasteiger partial charge in [0.2, 0.25) is 5.12 Å². The monoisotopic (exact) mass is 366 g/mol. The number of esters is 1. The predicted octanol–water partition coefficient (Wildman–Crippen LogP) is 3.43. The number of carbonyl (C=O) groups is 2. The van der Waals surface area contributed by atoms with Crippen LogP contribution in [-0.2, 0) is 14.3 Å². The highest BCUT2D eigenvalue weighted by molar-refractivity contribution is 8.33. The van der Waals surface area contributed by atoms with E-state index in [0.717, 1.165) is 11.5 Å². The van der Waals surface area contributed by atoms with Crippen LogP contribution < -0.4 is 0 Å². The molecule has 0 aromatic rings. The van der Waals surface area contributed by atoms with Gasteiger partial charge in [0.25, 0.3) is 0 Å². The van der Waals surface area contributed by atoms with E-state index in [9.17, 15) is 9.59 Å². The van der Waals surface area contributed by atoms with E-state index in [1.54, 1.807) is 11.8 Å². The van der Waals surface area contributed by atoms with Crippen molar-refractivity contribution in [3.63, 3.8) is 0 Å². The summed E-state index contributed by atoms with van der Waals surface area (Å²) in [4.78, 5) is 22.5. The fraction of sp³-hybridized carbons (Fsp3) is 0.500. The standard InChI is InChI=1S/C12H14O3S5/c1-3-7(13)15-9-5-16-11(19-9)12-17-6-10(20-12)18-8(14)4-2/h3-4,9-12H,1-2,5-6H2. The van der Waals surface area contributed by atoms with Crippen molar-refractivity contribution in [2.24, 2.45) is 0 Å². The first-order valence-electron chi connectivity index (χ1n) is 5.82. The molecular weight excluding hydrogens is 352 g/mol. The maximum absolute atomic E-state index is 11.3. The van der Waals surface area contributed by atoms with E-state index in [1.165, 1.54) is 23.9 Å². The molecule has 2 rings (SSSR count). The topological polar surface area (TPSA) is 43.4 Å². The number of hydrogen-bond acceptors (Lipinski definition) is 8. The van der Waals surface area contributed by atoms with Gasteiger partial charge in [-0.05, 0) is 6.08 Å². The second kappa shape index (κ2) is 8.12. The average Bonchev–Trinajstić information content (AvgIpc) is 3.07. The first-order chi connectivity index (χ1) is 9.62. The SMILES string of the molecule is C=CC(=O)OC1CSC(C2SCC(SC(=O)C=C)S2)S1. The fourth-order valence-electron chi connectivity index (χ4n) is 1.57. The summed E-state index contributed by atoms with van der Waals surface area (Å²) in [5.74, 6) is 1.42. The molecule has 0 spiro atoms. The lowest BCUT2D eigenvalue weighted by atomic mass is 10.6. The van der Waals surface area contributed by atoms with Gasteiger partial charge in [-0.1, -0.05) is 24.9 Å². The van der Waals surface area contributed by atoms with Crippen LogP contribution in [0.3, 0.4) is 0 Å². The van der Waals surface area contributed by atoms with Gasteiger partial charge in [0.15, 0.2) is 5.44 Å². The smallest absolute Gasteiger partial charge is 0.331 e. The molecule has 0 aliphatic carbocycles. The van der Waals surface area contributed by atoms with Crippen molar-refractivity contribution in [2.45, 2.75) is 19.2 Å². The molecule has 3 nitrogen and oxygen atoms in total. The summed E-state index contributed by atoms with van der Waals surface area (Å²) in [5.41, 5.74) is -0.0850. The first-order valence-corrected chi connectivity index (χ1v) is 10.7. The number of carbonyl (C=O) groups excluding carboxylic acids is 2. The summed E-state index contributed by atoms with van der Waals surface area (Å²) in [5, 5.41) is 0.0354. The molecule has 0 aromatic heterocycles. The molecule has 110 valence electrons. The van der Waals surface area contributed by atoms with Crippen LogP contribution in [0.4, 0.5) is 0 Å². The highest BCUT2D eigenvalue weighted by Crippen LogP contribution is 2.53. The van der Waals surface area contributed by atoms with E-state index in [-0.39, 0.29) is 16.5 Å². The molecule has 4 unspecified atom stereocenters. The number of thioether (sulfide) groups is 5. The number of ether oxygens (including phenoxy) is 1. The van der Waals surface area contributed by atoms with Gasteiger partial charge in [0.05, 0.1) is 13.7 Å². The van der Waals surface area contributed by atoms with Crippen molar-refractivity contribution in [3.05, 3.63) is 25.3 Å². The molecule has 2 heterocycles. The molecule has 0 N–H and O–H groups in total. The Labute approximate surface area is 139 Å². The summed E-state index contributed by atoms with van der Waals surface area (Å²) < 4.78 is 6.39. The van der Waals surface area contributed by atoms with Crippen LogP contribution in [0.2, 0.25) is 0 Å². The molecule has 2 fully saturated rings. The Bertz CT molecular complexity index is 376. The van der Waals surface area contributed by atoms with E-state index in [0.29, 0.717) is 13.7 Å². The van der Waals surface area contributed by atoms with E-state index in [1.807, 2.05) is 35.3 Å². The van der Waals surface area contributed by atoms with Gasteiger partial charge in [-0.2, -0.15) is 0 Å². The summed E-state index contributed by atoms with van der Waals surface area (Å²) >= 11 is 8.58. The molecule has 2 aliphatic rings. The van der Waals surface area contributed by atoms with Crippen molar-refractivity contribution in [1.29, 1.82) is 0 Å². The maximum atomic E-state index is 11.3. The Morgan fingerprint density at radius 2 is 1.80 bits per heavy atom. The lowest BCUT2D eigenvalue weighted by Crippen LogP contribution is -2.13. The number of rotatable bonds is 5. The van der Waals surface area contributed by atoms with Gasteiger partial charge < -0.3 is 4.74 Å². The van der Waals surface area contributed by atoms with Gasteiger partial charge in [0, 0.05) is 17.6 Å². The van der Waals surface area contributed by atoms with Crippen molar-refractivity contribution >= 4 is 69.9 Å². The molecule has 0 saturated carbocycles. The maximum Gasteiger partial charge on any atom is 0.331 e. The van der Waals surface area contributed by atoms with Crippen LogP contribution in [-0.4, -0.2) is 41.8 Å². The molecule has 0 radical (unpaired) electrons. The van der Waals surface area contributed by atoms with Crippen LogP contribution in [0, 0.1) is 0 Å². The summed E-state index contributed by atoms with van der Waals surface area (Å²) in [6.45, 7) is 6.90. The Kier molecular flexibility index (Phi) is 6.80. The fourth-order valence-corrected chi connectivity index (χ4v) is 10.3. The normalized spacial score (nSPS) is 32.8. The minimum atomic E-state index is -0.361. The van der Waals surface area contributed by atoms with Crippen LogP contribution >= 0.6 is 58.8 Å². The molecule has 20 heavy (non-hydrogen) atoms. The average molecular weight is 367 g/mol. The molecule has 0 bridgehead atoms. The molecule has 2 saturated heterocycles. The second-order valence-electron chi connectivity index (χ2n) is 3.82. The zero-order valence-corrected chi connectivity index (χ0v) is 14.6. The van der Waals surface area contributed by atoms with Crippen LogP contribution in [0.25, 0.3) is 0 Å². The van der Waals surface area contributed by atoms with Crippen molar-refractivity contribution in [2.75, 3.05) is 11.5 Å². The summed E-state index contributed by atoms with van der Waals surface area (Å²) in [6, 6.07) is 0. The molecular formula is C12H14O3S5. The van der Waals surface area contributed by atoms with Crippen LogP contribution in [0.1, 0.15) is 0 Å². The molecule has 0 aromatic carbocycles. The van der Waals surface area contributed by atoms with Gasteiger partial charge >= 0.3 is 5.97 Å². The molecule has 2 aliphatic heterocycles. The largest absolute Gasteiger partial charge is 0.447 e. The Morgan fingerprint density at radius 3 is 2.50 bits per heavy atom. The van der Waals surface area contributed by atoms with E-state index in [2.05, 4.69) is 13.2 Å². The third kappa shape index (κ3) is 4.69. The highest BCUT2D eigenvalue weighted by atomic mass is 32.2. The van der Waals surface area contributed by atoms with Gasteiger partial charge in [-0.25, -0.2) is 4.79 Å².